The molecule has 0 saturated carbocycles. The number of rotatable bonds is 6. The largest absolute Gasteiger partial charge is 0.490 e. The Morgan fingerprint density at radius 2 is 1.56 bits per heavy atom. The number of halogens is 3. The molecule has 0 amide bonds. The Labute approximate surface area is 222 Å². The van der Waals surface area contributed by atoms with Crippen LogP contribution in [-0.2, 0) is 14.8 Å². The Kier molecular flexibility index (Phi) is 9.01. The molecule has 0 spiro atoms. The van der Waals surface area contributed by atoms with Crippen LogP contribution in [0.1, 0.15) is 15.9 Å². The maximum Gasteiger partial charge on any atom is 0.490 e. The maximum absolute atomic E-state index is 13.0. The number of aryl methyl sites for hydroxylation is 1. The fourth-order valence-corrected chi connectivity index (χ4v) is 4.90. The number of anilines is 3. The molecule has 14 heteroatoms. The number of pyridine rings is 1. The summed E-state index contributed by atoms with van der Waals surface area (Å²) in [5.74, 6) is -2.98. The number of carboxylic acids is 2. The summed E-state index contributed by atoms with van der Waals surface area (Å²) in [5, 5.41) is 16.5. The lowest BCUT2D eigenvalue weighted by molar-refractivity contribution is -0.192. The lowest BCUT2D eigenvalue weighted by Gasteiger charge is -2.37. The van der Waals surface area contributed by atoms with Crippen molar-refractivity contribution in [1.29, 1.82) is 0 Å². The van der Waals surface area contributed by atoms with Gasteiger partial charge in [0.1, 0.15) is 5.82 Å². The third kappa shape index (κ3) is 7.83. The van der Waals surface area contributed by atoms with E-state index in [1.165, 1.54) is 18.2 Å². The van der Waals surface area contributed by atoms with Gasteiger partial charge in [0.15, 0.2) is 0 Å². The minimum Gasteiger partial charge on any atom is -0.478 e. The highest BCUT2D eigenvalue weighted by molar-refractivity contribution is 7.92. The van der Waals surface area contributed by atoms with Gasteiger partial charge in [0, 0.05) is 32.4 Å². The molecule has 1 fully saturated rings. The number of sulfonamides is 1. The van der Waals surface area contributed by atoms with Crippen LogP contribution in [0, 0.1) is 6.92 Å². The number of alkyl halides is 3. The highest BCUT2D eigenvalue weighted by Crippen LogP contribution is 2.31. The Morgan fingerprint density at radius 3 is 2.10 bits per heavy atom. The monoisotopic (exact) mass is 566 g/mol. The van der Waals surface area contributed by atoms with Crippen molar-refractivity contribution >= 4 is 39.2 Å². The first-order valence-electron chi connectivity index (χ1n) is 11.5. The summed E-state index contributed by atoms with van der Waals surface area (Å²) in [4.78, 5) is 29.1. The van der Waals surface area contributed by atoms with E-state index in [1.807, 2.05) is 31.2 Å². The normalized spacial score (nSPS) is 13.7. The maximum atomic E-state index is 13.0. The van der Waals surface area contributed by atoms with Crippen LogP contribution in [0.2, 0.25) is 0 Å². The summed E-state index contributed by atoms with van der Waals surface area (Å²) in [6.07, 6.45) is -3.33. The molecule has 39 heavy (non-hydrogen) atoms. The zero-order valence-corrected chi connectivity index (χ0v) is 21.4. The first-order chi connectivity index (χ1) is 18.3. The lowest BCUT2D eigenvalue weighted by Crippen LogP contribution is -2.47. The third-order valence-corrected chi connectivity index (χ3v) is 6.99. The molecule has 1 aromatic heterocycles. The smallest absolute Gasteiger partial charge is 0.478 e. The highest BCUT2D eigenvalue weighted by Gasteiger charge is 2.38. The molecule has 2 heterocycles. The molecular formula is C25H25F3N4O6S. The van der Waals surface area contributed by atoms with Crippen LogP contribution >= 0.6 is 0 Å². The van der Waals surface area contributed by atoms with Gasteiger partial charge in [-0.1, -0.05) is 18.2 Å². The first-order valence-corrected chi connectivity index (χ1v) is 12.9. The standard InChI is InChI=1S/C23H24N4O4S.C2HF3O2/c1-17-5-4-6-19(15-17)32(30,31)25-20-16-18(23(28)29)8-9-21(20)26-11-13-27(14-12-26)22-7-2-3-10-24-22;3-2(4,5)1(6)7/h2-10,15-16,25H,11-14H2,1H3,(H,28,29);(H,6,7). The summed E-state index contributed by atoms with van der Waals surface area (Å²) in [7, 11) is -3.88. The van der Waals surface area contributed by atoms with Crippen molar-refractivity contribution in [2.75, 3.05) is 40.7 Å². The van der Waals surface area contributed by atoms with Gasteiger partial charge >= 0.3 is 18.1 Å². The Bertz CT molecular complexity index is 1430. The van der Waals surface area contributed by atoms with Crippen LogP contribution in [0.5, 0.6) is 0 Å². The van der Waals surface area contributed by atoms with Crippen LogP contribution in [0.4, 0.5) is 30.4 Å². The molecule has 10 nitrogen and oxygen atoms in total. The first kappa shape index (κ1) is 29.2. The molecule has 4 rings (SSSR count). The summed E-state index contributed by atoms with van der Waals surface area (Å²) >= 11 is 0. The van der Waals surface area contributed by atoms with E-state index in [2.05, 4.69) is 19.5 Å². The number of hydrogen-bond donors (Lipinski definition) is 3. The van der Waals surface area contributed by atoms with Gasteiger partial charge in [0.2, 0.25) is 0 Å². The van der Waals surface area contributed by atoms with E-state index in [9.17, 15) is 31.5 Å². The van der Waals surface area contributed by atoms with E-state index in [0.717, 1.165) is 11.4 Å². The number of aromatic carboxylic acids is 1. The highest BCUT2D eigenvalue weighted by atomic mass is 32.2. The molecule has 208 valence electrons. The van der Waals surface area contributed by atoms with Crippen LogP contribution in [0.3, 0.4) is 0 Å². The van der Waals surface area contributed by atoms with Gasteiger partial charge in [0.25, 0.3) is 10.0 Å². The van der Waals surface area contributed by atoms with Crippen LogP contribution in [0.25, 0.3) is 0 Å². The van der Waals surface area contributed by atoms with Gasteiger partial charge in [-0.15, -0.1) is 0 Å². The number of carboxylic acid groups (broad SMARTS) is 2. The molecule has 0 unspecified atom stereocenters. The van der Waals surface area contributed by atoms with Crippen molar-refractivity contribution in [2.45, 2.75) is 18.0 Å². The third-order valence-electron chi connectivity index (χ3n) is 5.62. The molecule has 0 radical (unpaired) electrons. The average molecular weight is 567 g/mol. The van der Waals surface area contributed by atoms with Gasteiger partial charge in [-0.05, 0) is 55.0 Å². The zero-order valence-electron chi connectivity index (χ0n) is 20.6. The zero-order chi connectivity index (χ0) is 28.8. The lowest BCUT2D eigenvalue weighted by atomic mass is 10.1. The molecule has 2 aromatic carbocycles. The molecule has 1 saturated heterocycles. The van der Waals surface area contributed by atoms with E-state index < -0.39 is 28.1 Å². The van der Waals surface area contributed by atoms with E-state index in [-0.39, 0.29) is 16.1 Å². The molecule has 1 aliphatic heterocycles. The Morgan fingerprint density at radius 1 is 0.923 bits per heavy atom. The minimum absolute atomic E-state index is 0.0165. The number of nitrogens with zero attached hydrogens (tertiary/aromatic N) is 3. The SMILES string of the molecule is Cc1cccc(S(=O)(=O)Nc2cc(C(=O)O)ccc2N2CCN(c3ccccn3)CC2)c1.O=C(O)C(F)(F)F. The summed E-state index contributed by atoms with van der Waals surface area (Å²) in [5.41, 5.74) is 1.73. The van der Waals surface area contributed by atoms with Crippen molar-refractivity contribution in [1.82, 2.24) is 4.98 Å². The van der Waals surface area contributed by atoms with Crippen LogP contribution < -0.4 is 14.5 Å². The number of carbonyl (C=O) groups is 2. The average Bonchev–Trinajstić information content (AvgIpc) is 2.89. The van der Waals surface area contributed by atoms with E-state index in [4.69, 9.17) is 9.90 Å². The van der Waals surface area contributed by atoms with Gasteiger partial charge in [-0.2, -0.15) is 13.2 Å². The van der Waals surface area contributed by atoms with Gasteiger partial charge in [-0.25, -0.2) is 23.0 Å². The van der Waals surface area contributed by atoms with Crippen molar-refractivity contribution in [3.63, 3.8) is 0 Å². The quantitative estimate of drug-likeness (QED) is 0.406. The number of benzene rings is 2. The summed E-state index contributed by atoms with van der Waals surface area (Å²) in [6.45, 7) is 4.52. The Balaban J connectivity index is 0.000000532. The number of aromatic nitrogens is 1. The molecular weight excluding hydrogens is 541 g/mol. The van der Waals surface area contributed by atoms with Crippen LogP contribution in [-0.4, -0.2) is 67.9 Å². The summed E-state index contributed by atoms with van der Waals surface area (Å²) in [6, 6.07) is 16.9. The van der Waals surface area contributed by atoms with Crippen molar-refractivity contribution in [3.8, 4) is 0 Å². The second kappa shape index (κ2) is 12.0. The van der Waals surface area contributed by atoms with Crippen molar-refractivity contribution < 1.29 is 41.4 Å². The molecule has 0 atom stereocenters. The van der Waals surface area contributed by atoms with Gasteiger partial charge < -0.3 is 20.0 Å². The van der Waals surface area contributed by atoms with Crippen molar-refractivity contribution in [3.05, 3.63) is 78.0 Å². The van der Waals surface area contributed by atoms with Crippen LogP contribution in [0.15, 0.2) is 71.8 Å². The fraction of sp³-hybridized carbons (Fsp3) is 0.240. The molecule has 3 N–H and O–H groups in total. The molecule has 0 aliphatic carbocycles. The molecule has 0 bridgehead atoms. The second-order valence-electron chi connectivity index (χ2n) is 8.42. The van der Waals surface area contributed by atoms with E-state index in [1.54, 1.807) is 24.4 Å². The second-order valence-corrected chi connectivity index (χ2v) is 10.1. The fourth-order valence-electron chi connectivity index (χ4n) is 3.73. The predicted molar refractivity (Wildman–Crippen MR) is 138 cm³/mol. The van der Waals surface area contributed by atoms with E-state index >= 15 is 0 Å². The predicted octanol–water partition coefficient (Wildman–Crippen LogP) is 3.85. The number of aliphatic carboxylic acids is 1. The number of nitrogens with one attached hydrogen (secondary N) is 1. The Hall–Kier alpha value is -4.33. The van der Waals surface area contributed by atoms with Gasteiger partial charge in [0.05, 0.1) is 21.8 Å². The number of piperazine rings is 1. The topological polar surface area (TPSA) is 140 Å². The van der Waals surface area contributed by atoms with Gasteiger partial charge in [-0.3, -0.25) is 4.72 Å². The number of hydrogen-bond acceptors (Lipinski definition) is 7. The molecule has 3 aromatic rings. The summed E-state index contributed by atoms with van der Waals surface area (Å²) < 4.78 is 60.4. The van der Waals surface area contributed by atoms with E-state index in [0.29, 0.717) is 31.9 Å². The van der Waals surface area contributed by atoms with Crippen molar-refractivity contribution in [2.24, 2.45) is 0 Å². The minimum atomic E-state index is -5.08. The molecule has 1 aliphatic rings.